The van der Waals surface area contributed by atoms with Gasteiger partial charge in [-0.15, -0.1) is 0 Å². The van der Waals surface area contributed by atoms with Crippen LogP contribution >= 0.6 is 0 Å². The van der Waals surface area contributed by atoms with E-state index < -0.39 is 0 Å². The molecule has 0 spiro atoms. The van der Waals surface area contributed by atoms with Gasteiger partial charge in [-0.1, -0.05) is 17.7 Å². The third-order valence-electron chi connectivity index (χ3n) is 4.45. The van der Waals surface area contributed by atoms with Gasteiger partial charge in [-0.3, -0.25) is 0 Å². The van der Waals surface area contributed by atoms with Crippen LogP contribution in [0.2, 0.25) is 0 Å². The Labute approximate surface area is 116 Å². The minimum Gasteiger partial charge on any atom is -0.381 e. The Kier molecular flexibility index (Phi) is 4.48. The molecule has 0 saturated carbocycles. The van der Waals surface area contributed by atoms with Gasteiger partial charge in [0.2, 0.25) is 0 Å². The van der Waals surface area contributed by atoms with E-state index in [2.05, 4.69) is 44.0 Å². The summed E-state index contributed by atoms with van der Waals surface area (Å²) in [6.45, 7) is 6.67. The Hall–Kier alpha value is -1.06. The predicted molar refractivity (Wildman–Crippen MR) is 80.8 cm³/mol. The van der Waals surface area contributed by atoms with Gasteiger partial charge in [-0.2, -0.15) is 0 Å². The topological polar surface area (TPSA) is 38.5 Å². The smallest absolute Gasteiger partial charge is 0.0543 e. The van der Waals surface area contributed by atoms with Gasteiger partial charge in [0.05, 0.1) is 5.54 Å². The molecule has 0 radical (unpaired) electrons. The molecule has 1 aromatic carbocycles. The van der Waals surface area contributed by atoms with E-state index in [1.807, 2.05) is 0 Å². The highest BCUT2D eigenvalue weighted by molar-refractivity contribution is 5.56. The predicted octanol–water partition coefficient (Wildman–Crippen LogP) is 2.64. The fourth-order valence-corrected chi connectivity index (χ4v) is 3.11. The van der Waals surface area contributed by atoms with Crippen molar-refractivity contribution in [1.29, 1.82) is 0 Å². The van der Waals surface area contributed by atoms with Crippen molar-refractivity contribution >= 4 is 5.69 Å². The number of nitrogens with two attached hydrogens (primary N) is 1. The molecule has 1 fully saturated rings. The van der Waals surface area contributed by atoms with E-state index in [0.717, 1.165) is 32.5 Å². The fraction of sp³-hybridized carbons (Fsp3) is 0.625. The first kappa shape index (κ1) is 14.4. The molecule has 1 aliphatic heterocycles. The van der Waals surface area contributed by atoms with Crippen molar-refractivity contribution in [3.8, 4) is 0 Å². The minimum absolute atomic E-state index is 0.0382. The van der Waals surface area contributed by atoms with Gasteiger partial charge in [-0.25, -0.2) is 0 Å². The van der Waals surface area contributed by atoms with E-state index in [0.29, 0.717) is 6.54 Å². The molecule has 106 valence electrons. The zero-order valence-corrected chi connectivity index (χ0v) is 12.4. The molecule has 3 nitrogen and oxygen atoms in total. The molecule has 0 amide bonds. The van der Waals surface area contributed by atoms with Gasteiger partial charge >= 0.3 is 0 Å². The second kappa shape index (κ2) is 5.93. The first-order valence-corrected chi connectivity index (χ1v) is 7.18. The van der Waals surface area contributed by atoms with Crippen molar-refractivity contribution in [3.63, 3.8) is 0 Å². The van der Waals surface area contributed by atoms with Crippen LogP contribution in [0, 0.1) is 13.8 Å². The summed E-state index contributed by atoms with van der Waals surface area (Å²) in [7, 11) is 2.18. The average molecular weight is 262 g/mol. The molecule has 1 unspecified atom stereocenters. The van der Waals surface area contributed by atoms with Gasteiger partial charge in [-0.05, 0) is 44.7 Å². The number of ether oxygens (including phenoxy) is 1. The Balaban J connectivity index is 2.31. The van der Waals surface area contributed by atoms with E-state index in [9.17, 15) is 0 Å². The monoisotopic (exact) mass is 262 g/mol. The Morgan fingerprint density at radius 3 is 2.74 bits per heavy atom. The van der Waals surface area contributed by atoms with Crippen molar-refractivity contribution in [3.05, 3.63) is 29.3 Å². The summed E-state index contributed by atoms with van der Waals surface area (Å²) in [4.78, 5) is 2.39. The van der Waals surface area contributed by atoms with E-state index in [1.165, 1.54) is 16.8 Å². The lowest BCUT2D eigenvalue weighted by Gasteiger charge is -2.42. The van der Waals surface area contributed by atoms with Crippen LogP contribution in [0.4, 0.5) is 5.69 Å². The number of benzene rings is 1. The zero-order valence-electron chi connectivity index (χ0n) is 12.4. The molecule has 1 saturated heterocycles. The molecule has 1 heterocycles. The number of anilines is 1. The van der Waals surface area contributed by atoms with Crippen molar-refractivity contribution < 1.29 is 4.74 Å². The van der Waals surface area contributed by atoms with Gasteiger partial charge in [0.25, 0.3) is 0 Å². The molecule has 1 atom stereocenters. The molecular formula is C16H26N2O. The fourth-order valence-electron chi connectivity index (χ4n) is 3.11. The summed E-state index contributed by atoms with van der Waals surface area (Å²) in [6, 6.07) is 6.63. The summed E-state index contributed by atoms with van der Waals surface area (Å²) in [5.74, 6) is 0. The van der Waals surface area contributed by atoms with Gasteiger partial charge in [0.1, 0.15) is 0 Å². The van der Waals surface area contributed by atoms with E-state index >= 15 is 0 Å². The molecule has 0 aliphatic carbocycles. The lowest BCUT2D eigenvalue weighted by atomic mass is 9.88. The van der Waals surface area contributed by atoms with E-state index in [4.69, 9.17) is 10.5 Å². The highest BCUT2D eigenvalue weighted by atomic mass is 16.5. The van der Waals surface area contributed by atoms with Crippen LogP contribution in [0.1, 0.15) is 30.4 Å². The largest absolute Gasteiger partial charge is 0.381 e. The van der Waals surface area contributed by atoms with Crippen LogP contribution in [-0.2, 0) is 4.74 Å². The summed E-state index contributed by atoms with van der Waals surface area (Å²) in [6.07, 6.45) is 3.20. The number of nitrogens with zero attached hydrogens (tertiary/aromatic N) is 1. The SMILES string of the molecule is Cc1ccc(N(C)C2(CN)CCCOCC2)c(C)c1. The quantitative estimate of drug-likeness (QED) is 0.910. The summed E-state index contributed by atoms with van der Waals surface area (Å²) < 4.78 is 5.60. The lowest BCUT2D eigenvalue weighted by molar-refractivity contribution is 0.139. The van der Waals surface area contributed by atoms with Crippen LogP contribution in [0.25, 0.3) is 0 Å². The molecule has 1 aliphatic rings. The lowest BCUT2D eigenvalue weighted by Crippen LogP contribution is -2.53. The van der Waals surface area contributed by atoms with Crippen molar-refractivity contribution in [2.75, 3.05) is 31.7 Å². The number of hydrogen-bond donors (Lipinski definition) is 1. The molecular weight excluding hydrogens is 236 g/mol. The van der Waals surface area contributed by atoms with E-state index in [1.54, 1.807) is 0 Å². The normalized spacial score (nSPS) is 24.0. The van der Waals surface area contributed by atoms with Crippen molar-refractivity contribution in [2.24, 2.45) is 5.73 Å². The van der Waals surface area contributed by atoms with Crippen LogP contribution in [0.5, 0.6) is 0 Å². The van der Waals surface area contributed by atoms with Crippen LogP contribution < -0.4 is 10.6 Å². The highest BCUT2D eigenvalue weighted by Crippen LogP contribution is 2.32. The maximum atomic E-state index is 6.13. The van der Waals surface area contributed by atoms with E-state index in [-0.39, 0.29) is 5.54 Å². The summed E-state index contributed by atoms with van der Waals surface area (Å²) >= 11 is 0. The third kappa shape index (κ3) is 2.93. The maximum Gasteiger partial charge on any atom is 0.0543 e. The van der Waals surface area contributed by atoms with Crippen LogP contribution in [0.15, 0.2) is 18.2 Å². The van der Waals surface area contributed by atoms with Gasteiger partial charge < -0.3 is 15.4 Å². The van der Waals surface area contributed by atoms with Gasteiger partial charge in [0, 0.05) is 32.5 Å². The Morgan fingerprint density at radius 2 is 2.05 bits per heavy atom. The molecule has 0 aromatic heterocycles. The summed E-state index contributed by atoms with van der Waals surface area (Å²) in [5.41, 5.74) is 10.1. The average Bonchev–Trinajstić information content (AvgIpc) is 2.64. The number of aryl methyl sites for hydroxylation is 2. The number of likely N-dealkylation sites (N-methyl/N-ethyl adjacent to an activating group) is 1. The third-order valence-corrected chi connectivity index (χ3v) is 4.45. The zero-order chi connectivity index (χ0) is 13.9. The standard InChI is InChI=1S/C16H26N2O/c1-13-5-6-15(14(2)11-13)18(3)16(12-17)7-4-9-19-10-8-16/h5-6,11H,4,7-10,12,17H2,1-3H3. The number of rotatable bonds is 3. The molecule has 2 rings (SSSR count). The number of hydrogen-bond acceptors (Lipinski definition) is 3. The highest BCUT2D eigenvalue weighted by Gasteiger charge is 2.34. The Morgan fingerprint density at radius 1 is 1.26 bits per heavy atom. The molecule has 2 N–H and O–H groups in total. The van der Waals surface area contributed by atoms with Crippen molar-refractivity contribution in [1.82, 2.24) is 0 Å². The molecule has 3 heteroatoms. The molecule has 1 aromatic rings. The first-order chi connectivity index (χ1) is 9.09. The molecule has 0 bridgehead atoms. The first-order valence-electron chi connectivity index (χ1n) is 7.18. The summed E-state index contributed by atoms with van der Waals surface area (Å²) in [5, 5.41) is 0. The van der Waals surface area contributed by atoms with Crippen LogP contribution in [-0.4, -0.2) is 32.3 Å². The second-order valence-corrected chi connectivity index (χ2v) is 5.74. The van der Waals surface area contributed by atoms with Gasteiger partial charge in [0.15, 0.2) is 0 Å². The molecule has 19 heavy (non-hydrogen) atoms. The maximum absolute atomic E-state index is 6.13. The van der Waals surface area contributed by atoms with Crippen molar-refractivity contribution in [2.45, 2.75) is 38.6 Å². The Bertz CT molecular complexity index is 423. The second-order valence-electron chi connectivity index (χ2n) is 5.74. The van der Waals surface area contributed by atoms with Crippen LogP contribution in [0.3, 0.4) is 0 Å². The minimum atomic E-state index is 0.0382.